The zero-order chi connectivity index (χ0) is 11.6. The van der Waals surface area contributed by atoms with Crippen molar-refractivity contribution in [1.82, 2.24) is 9.36 Å². The summed E-state index contributed by atoms with van der Waals surface area (Å²) in [5, 5.41) is 14.4. The van der Waals surface area contributed by atoms with Gasteiger partial charge in [-0.3, -0.25) is 0 Å². The minimum Gasteiger partial charge on any atom is -0.388 e. The van der Waals surface area contributed by atoms with Gasteiger partial charge < -0.3 is 10.4 Å². The van der Waals surface area contributed by atoms with Crippen molar-refractivity contribution < 1.29 is 5.11 Å². The summed E-state index contributed by atoms with van der Waals surface area (Å²) in [6.45, 7) is 4.67. The number of hydrogen-bond donors (Lipinski definition) is 2. The molecule has 0 aromatic carbocycles. The van der Waals surface area contributed by atoms with Crippen LogP contribution in [0.5, 0.6) is 0 Å². The average Bonchev–Trinajstić information content (AvgIpc) is 2.61. The van der Waals surface area contributed by atoms with Gasteiger partial charge in [0, 0.05) is 18.1 Å². The normalized spacial score (nSPS) is 30.3. The Bertz CT molecular complexity index is 355. The van der Waals surface area contributed by atoms with Crippen molar-refractivity contribution in [2.24, 2.45) is 5.92 Å². The lowest BCUT2D eigenvalue weighted by molar-refractivity contribution is -0.000766. The monoisotopic (exact) mass is 241 g/mol. The van der Waals surface area contributed by atoms with Crippen LogP contribution in [-0.2, 0) is 0 Å². The maximum absolute atomic E-state index is 10.4. The third-order valence-electron chi connectivity index (χ3n) is 3.16. The molecule has 0 bridgehead atoms. The van der Waals surface area contributed by atoms with Crippen molar-refractivity contribution in [2.45, 2.75) is 45.1 Å². The molecule has 1 aromatic rings. The Labute approximate surface area is 100 Å². The molecule has 1 fully saturated rings. The smallest absolute Gasteiger partial charge is 0.202 e. The van der Waals surface area contributed by atoms with Crippen molar-refractivity contribution in [3.8, 4) is 0 Å². The van der Waals surface area contributed by atoms with E-state index < -0.39 is 5.60 Å². The van der Waals surface area contributed by atoms with E-state index in [-0.39, 0.29) is 0 Å². The van der Waals surface area contributed by atoms with Gasteiger partial charge in [-0.15, -0.1) is 0 Å². The van der Waals surface area contributed by atoms with E-state index in [2.05, 4.69) is 21.6 Å². The maximum atomic E-state index is 10.4. The number of nitrogens with one attached hydrogen (secondary N) is 1. The van der Waals surface area contributed by atoms with Crippen LogP contribution < -0.4 is 5.32 Å². The second kappa shape index (κ2) is 4.67. The molecule has 2 atom stereocenters. The number of rotatable bonds is 3. The van der Waals surface area contributed by atoms with E-state index in [0.717, 1.165) is 30.2 Å². The molecular formula is C11H19N3OS. The number of anilines is 1. The molecule has 0 amide bonds. The van der Waals surface area contributed by atoms with Crippen molar-refractivity contribution in [3.05, 3.63) is 5.82 Å². The first-order valence-corrected chi connectivity index (χ1v) is 6.61. The molecular weight excluding hydrogens is 222 g/mol. The molecule has 2 rings (SSSR count). The van der Waals surface area contributed by atoms with Crippen LogP contribution in [0.1, 0.15) is 38.4 Å². The Hall–Kier alpha value is -0.680. The van der Waals surface area contributed by atoms with Crippen molar-refractivity contribution >= 4 is 16.7 Å². The molecule has 1 aromatic heterocycles. The van der Waals surface area contributed by atoms with Gasteiger partial charge in [0.2, 0.25) is 5.13 Å². The topological polar surface area (TPSA) is 58.0 Å². The molecule has 2 N–H and O–H groups in total. The zero-order valence-electron chi connectivity index (χ0n) is 9.86. The van der Waals surface area contributed by atoms with Crippen LogP contribution in [0.3, 0.4) is 0 Å². The van der Waals surface area contributed by atoms with Crippen LogP contribution >= 0.6 is 11.5 Å². The molecule has 0 aliphatic heterocycles. The minimum absolute atomic E-state index is 0.558. The van der Waals surface area contributed by atoms with Gasteiger partial charge in [0.15, 0.2) is 0 Å². The highest BCUT2D eigenvalue weighted by atomic mass is 32.1. The fourth-order valence-corrected chi connectivity index (χ4v) is 2.97. The van der Waals surface area contributed by atoms with E-state index in [4.69, 9.17) is 0 Å². The summed E-state index contributed by atoms with van der Waals surface area (Å²) in [4.78, 5) is 4.23. The quantitative estimate of drug-likeness (QED) is 0.851. The minimum atomic E-state index is -0.558. The van der Waals surface area contributed by atoms with Crippen LogP contribution in [0.15, 0.2) is 0 Å². The summed E-state index contributed by atoms with van der Waals surface area (Å²) in [6.07, 6.45) is 4.13. The Morgan fingerprint density at radius 3 is 3.06 bits per heavy atom. The second-order valence-electron chi connectivity index (χ2n) is 4.93. The Kier molecular flexibility index (Phi) is 3.44. The molecule has 1 aliphatic rings. The highest BCUT2D eigenvalue weighted by Gasteiger charge is 2.32. The molecule has 4 nitrogen and oxygen atoms in total. The zero-order valence-corrected chi connectivity index (χ0v) is 10.7. The SMILES string of the molecule is Cc1nsc(NCC2(O)CCCC(C)C2)n1. The summed E-state index contributed by atoms with van der Waals surface area (Å²) in [7, 11) is 0. The Balaban J connectivity index is 1.88. The van der Waals surface area contributed by atoms with Crippen molar-refractivity contribution in [2.75, 3.05) is 11.9 Å². The van der Waals surface area contributed by atoms with Crippen molar-refractivity contribution in [3.63, 3.8) is 0 Å². The van der Waals surface area contributed by atoms with Crippen molar-refractivity contribution in [1.29, 1.82) is 0 Å². The van der Waals surface area contributed by atoms with E-state index in [9.17, 15) is 5.11 Å². The standard InChI is InChI=1S/C11H19N3OS/c1-8-4-3-5-11(15,6-8)7-12-10-13-9(2)14-16-10/h8,15H,3-7H2,1-2H3,(H,12,13,14). The first kappa shape index (κ1) is 11.8. The van der Waals surface area contributed by atoms with E-state index in [0.29, 0.717) is 12.5 Å². The molecule has 2 unspecified atom stereocenters. The predicted octanol–water partition coefficient (Wildman–Crippen LogP) is 2.20. The van der Waals surface area contributed by atoms with Crippen LogP contribution in [-0.4, -0.2) is 26.6 Å². The maximum Gasteiger partial charge on any atom is 0.202 e. The third kappa shape index (κ3) is 2.92. The number of aryl methyl sites for hydroxylation is 1. The summed E-state index contributed by atoms with van der Waals surface area (Å²) in [5.41, 5.74) is -0.558. The summed E-state index contributed by atoms with van der Waals surface area (Å²) >= 11 is 1.35. The van der Waals surface area contributed by atoms with Gasteiger partial charge in [0.1, 0.15) is 5.82 Å². The lowest BCUT2D eigenvalue weighted by Crippen LogP contribution is -2.41. The molecule has 1 saturated carbocycles. The van der Waals surface area contributed by atoms with Gasteiger partial charge in [0.05, 0.1) is 5.60 Å². The molecule has 16 heavy (non-hydrogen) atoms. The van der Waals surface area contributed by atoms with E-state index in [1.807, 2.05) is 6.92 Å². The predicted molar refractivity (Wildman–Crippen MR) is 65.7 cm³/mol. The Morgan fingerprint density at radius 2 is 2.44 bits per heavy atom. The van der Waals surface area contributed by atoms with E-state index >= 15 is 0 Å². The third-order valence-corrected chi connectivity index (χ3v) is 3.93. The molecule has 1 aliphatic carbocycles. The number of aliphatic hydroxyl groups is 1. The van der Waals surface area contributed by atoms with Crippen LogP contribution in [0.2, 0.25) is 0 Å². The van der Waals surface area contributed by atoms with E-state index in [1.165, 1.54) is 18.0 Å². The highest BCUT2D eigenvalue weighted by Crippen LogP contribution is 2.32. The summed E-state index contributed by atoms with van der Waals surface area (Å²) in [5.74, 6) is 1.41. The van der Waals surface area contributed by atoms with Crippen LogP contribution in [0.4, 0.5) is 5.13 Å². The van der Waals surface area contributed by atoms with Gasteiger partial charge in [0.25, 0.3) is 0 Å². The van der Waals surface area contributed by atoms with Gasteiger partial charge in [-0.05, 0) is 25.7 Å². The number of hydrogen-bond acceptors (Lipinski definition) is 5. The summed E-state index contributed by atoms with van der Waals surface area (Å²) < 4.78 is 4.10. The van der Waals surface area contributed by atoms with Gasteiger partial charge in [-0.2, -0.15) is 4.37 Å². The van der Waals surface area contributed by atoms with Gasteiger partial charge in [-0.25, -0.2) is 4.98 Å². The lowest BCUT2D eigenvalue weighted by Gasteiger charge is -2.35. The molecule has 0 saturated heterocycles. The summed E-state index contributed by atoms with van der Waals surface area (Å²) in [6, 6.07) is 0. The first-order chi connectivity index (χ1) is 7.57. The fourth-order valence-electron chi connectivity index (χ4n) is 2.40. The molecule has 1 heterocycles. The average molecular weight is 241 g/mol. The molecule has 0 radical (unpaired) electrons. The Morgan fingerprint density at radius 1 is 1.62 bits per heavy atom. The first-order valence-electron chi connectivity index (χ1n) is 5.84. The number of nitrogens with zero attached hydrogens (tertiary/aromatic N) is 2. The van der Waals surface area contributed by atoms with Crippen LogP contribution in [0.25, 0.3) is 0 Å². The van der Waals surface area contributed by atoms with Crippen LogP contribution in [0, 0.1) is 12.8 Å². The highest BCUT2D eigenvalue weighted by molar-refractivity contribution is 7.09. The number of aromatic nitrogens is 2. The lowest BCUT2D eigenvalue weighted by atomic mass is 9.79. The molecule has 90 valence electrons. The van der Waals surface area contributed by atoms with Gasteiger partial charge >= 0.3 is 0 Å². The second-order valence-corrected chi connectivity index (χ2v) is 5.68. The molecule has 5 heteroatoms. The fraction of sp³-hybridized carbons (Fsp3) is 0.818. The largest absolute Gasteiger partial charge is 0.388 e. The van der Waals surface area contributed by atoms with E-state index in [1.54, 1.807) is 0 Å². The molecule has 0 spiro atoms. The van der Waals surface area contributed by atoms with Gasteiger partial charge in [-0.1, -0.05) is 19.8 Å².